The van der Waals surface area contributed by atoms with E-state index in [0.717, 1.165) is 6.42 Å². The first-order valence-corrected chi connectivity index (χ1v) is 17.1. The molecule has 0 radical (unpaired) electrons. The van der Waals surface area contributed by atoms with Crippen LogP contribution in [0.2, 0.25) is 0 Å². The molecule has 4 aromatic rings. The van der Waals surface area contributed by atoms with Crippen molar-refractivity contribution < 1.29 is 46.1 Å². The van der Waals surface area contributed by atoms with Crippen LogP contribution in [-0.2, 0) is 27.7 Å². The Kier molecular flexibility index (Phi) is 9.17. The Labute approximate surface area is 253 Å². The third kappa shape index (κ3) is 5.65. The standard InChI is InChI=1S/C13H9.C13H10.C10H15.2ClH.Zr/c1-3-7-12-10(5-1)9-11-6-2-4-8-13(11)12;1-3-7-12(8-4-1)11-13-9-5-2-6-10-13;1-8-5-6-9(7-8)10(2,3)4;;;/h1-5,7-8H,9H2;1-10H;6-8H,1-4H3;2*1H;/q;;;;;+2/p-2. The van der Waals surface area contributed by atoms with E-state index in [1.807, 2.05) is 0 Å². The molecule has 4 aromatic carbocycles. The molecule has 0 amide bonds. The van der Waals surface area contributed by atoms with E-state index in [2.05, 4.69) is 143 Å². The van der Waals surface area contributed by atoms with E-state index in [-0.39, 0.29) is 30.2 Å². The van der Waals surface area contributed by atoms with E-state index >= 15 is 0 Å². The van der Waals surface area contributed by atoms with Gasteiger partial charge in [-0.25, -0.2) is 0 Å². The van der Waals surface area contributed by atoms with Crippen molar-refractivity contribution >= 4 is 6.48 Å². The fourth-order valence-electron chi connectivity index (χ4n) is 5.96. The van der Waals surface area contributed by atoms with Gasteiger partial charge >= 0.3 is 231 Å². The normalized spacial score (nSPS) is 15.0. The SMILES string of the molecule is CC1C=C(C(C)(C)C)C=[C]1[Zr+2](=[C](c1ccccc1)c1ccccc1)[c]1cccc2c1Cc1ccccc1-2.[Cl-].[Cl-]. The summed E-state index contributed by atoms with van der Waals surface area (Å²) in [5, 5.41) is 0. The summed E-state index contributed by atoms with van der Waals surface area (Å²) in [5.74, 6) is 0.464. The van der Waals surface area contributed by atoms with Gasteiger partial charge in [0.05, 0.1) is 0 Å². The van der Waals surface area contributed by atoms with Crippen LogP contribution in [0.25, 0.3) is 11.1 Å². The Bertz CT molecular complexity index is 1530. The van der Waals surface area contributed by atoms with Crippen molar-refractivity contribution in [2.45, 2.75) is 34.1 Å². The number of allylic oxidation sites excluding steroid dienone is 4. The summed E-state index contributed by atoms with van der Waals surface area (Å²) < 4.78 is 4.93. The third-order valence-electron chi connectivity index (χ3n) is 7.88. The summed E-state index contributed by atoms with van der Waals surface area (Å²) in [6, 6.07) is 38.6. The molecular formula is C36H34Cl2Zr. The number of hydrogen-bond acceptors (Lipinski definition) is 0. The van der Waals surface area contributed by atoms with Gasteiger partial charge < -0.3 is 24.8 Å². The number of benzene rings is 4. The van der Waals surface area contributed by atoms with Crippen LogP contribution < -0.4 is 28.1 Å². The molecule has 0 nitrogen and oxygen atoms in total. The maximum atomic E-state index is 2.60. The predicted octanol–water partition coefficient (Wildman–Crippen LogP) is 2.28. The van der Waals surface area contributed by atoms with E-state index in [9.17, 15) is 0 Å². The first-order valence-electron chi connectivity index (χ1n) is 13.4. The van der Waals surface area contributed by atoms with Crippen molar-refractivity contribution in [3.8, 4) is 11.1 Å². The van der Waals surface area contributed by atoms with Crippen molar-refractivity contribution in [1.29, 1.82) is 0 Å². The molecule has 2 aliphatic rings. The topological polar surface area (TPSA) is 0 Å². The molecule has 0 aromatic heterocycles. The van der Waals surface area contributed by atoms with Gasteiger partial charge in [0.1, 0.15) is 0 Å². The average molecular weight is 629 g/mol. The molecule has 6 rings (SSSR count). The molecule has 0 spiro atoms. The molecule has 0 saturated carbocycles. The van der Waals surface area contributed by atoms with E-state index < -0.39 is 21.3 Å². The van der Waals surface area contributed by atoms with Gasteiger partial charge in [0.15, 0.2) is 0 Å². The Balaban J connectivity index is 0.00000176. The fourth-order valence-corrected chi connectivity index (χ4v) is 14.3. The summed E-state index contributed by atoms with van der Waals surface area (Å²) in [6.45, 7) is 9.48. The van der Waals surface area contributed by atoms with Crippen LogP contribution in [0.5, 0.6) is 0 Å². The van der Waals surface area contributed by atoms with Gasteiger partial charge in [-0.1, -0.05) is 0 Å². The summed E-state index contributed by atoms with van der Waals surface area (Å²) in [6.07, 6.45) is 6.19. The number of hydrogen-bond donors (Lipinski definition) is 0. The maximum Gasteiger partial charge on any atom is -1.00 e. The zero-order valence-electron chi connectivity index (χ0n) is 23.0. The summed E-state index contributed by atoms with van der Waals surface area (Å²) in [5.41, 5.74) is 10.3. The second-order valence-electron chi connectivity index (χ2n) is 11.4. The molecular weight excluding hydrogens is 595 g/mol. The quantitative estimate of drug-likeness (QED) is 0.287. The van der Waals surface area contributed by atoms with Crippen molar-refractivity contribution in [3.63, 3.8) is 0 Å². The summed E-state index contributed by atoms with van der Waals surface area (Å²) >= 11 is -2.66. The maximum absolute atomic E-state index is 2.66. The van der Waals surface area contributed by atoms with Gasteiger partial charge in [0.2, 0.25) is 0 Å². The largest absolute Gasteiger partial charge is 1.00 e. The Morgan fingerprint density at radius 3 is 1.85 bits per heavy atom. The monoisotopic (exact) mass is 626 g/mol. The van der Waals surface area contributed by atoms with Gasteiger partial charge in [-0.2, -0.15) is 0 Å². The molecule has 0 fully saturated rings. The van der Waals surface area contributed by atoms with Crippen molar-refractivity contribution in [2.24, 2.45) is 11.3 Å². The van der Waals surface area contributed by atoms with Crippen LogP contribution in [0, 0.1) is 11.3 Å². The van der Waals surface area contributed by atoms with Gasteiger partial charge in [-0.3, -0.25) is 0 Å². The van der Waals surface area contributed by atoms with E-state index in [1.54, 1.807) is 15.3 Å². The van der Waals surface area contributed by atoms with Crippen LogP contribution in [0.3, 0.4) is 0 Å². The molecule has 196 valence electrons. The minimum absolute atomic E-state index is 0. The smallest absolute Gasteiger partial charge is 1.00 e. The molecule has 0 aliphatic heterocycles. The first-order chi connectivity index (χ1) is 17.9. The first kappa shape index (κ1) is 29.7. The summed E-state index contributed by atoms with van der Waals surface area (Å²) in [4.78, 5) is 0. The molecule has 0 N–H and O–H groups in total. The van der Waals surface area contributed by atoms with Crippen molar-refractivity contribution in [2.75, 3.05) is 0 Å². The second-order valence-corrected chi connectivity index (χ2v) is 17.2. The zero-order valence-corrected chi connectivity index (χ0v) is 27.0. The zero-order chi connectivity index (χ0) is 25.6. The molecule has 0 bridgehead atoms. The molecule has 2 aliphatic carbocycles. The number of rotatable bonds is 4. The predicted molar refractivity (Wildman–Crippen MR) is 155 cm³/mol. The van der Waals surface area contributed by atoms with Crippen LogP contribution in [-0.4, -0.2) is 3.21 Å². The van der Waals surface area contributed by atoms with Gasteiger partial charge in [-0.05, 0) is 0 Å². The summed E-state index contributed by atoms with van der Waals surface area (Å²) in [7, 11) is 0. The van der Waals surface area contributed by atoms with Crippen LogP contribution >= 0.6 is 0 Å². The average Bonchev–Trinajstić information content (AvgIpc) is 3.49. The molecule has 1 atom stereocenters. The number of fused-ring (bicyclic) bond motifs is 3. The molecule has 1 unspecified atom stereocenters. The van der Waals surface area contributed by atoms with Gasteiger partial charge in [0, 0.05) is 0 Å². The van der Waals surface area contributed by atoms with Crippen LogP contribution in [0.4, 0.5) is 0 Å². The third-order valence-corrected chi connectivity index (χ3v) is 15.9. The van der Waals surface area contributed by atoms with E-state index in [1.165, 1.54) is 33.4 Å². The minimum atomic E-state index is -2.66. The molecule has 0 saturated heterocycles. The van der Waals surface area contributed by atoms with Gasteiger partial charge in [0.25, 0.3) is 0 Å². The molecule has 3 heteroatoms. The van der Waals surface area contributed by atoms with Crippen LogP contribution in [0.15, 0.2) is 124 Å². The molecule has 0 heterocycles. The van der Waals surface area contributed by atoms with Crippen molar-refractivity contribution in [1.82, 2.24) is 0 Å². The van der Waals surface area contributed by atoms with Crippen LogP contribution in [0.1, 0.15) is 49.9 Å². The fraction of sp³-hybridized carbons (Fsp3) is 0.194. The molecule has 39 heavy (non-hydrogen) atoms. The Hall–Kier alpha value is -2.31. The van der Waals surface area contributed by atoms with Gasteiger partial charge in [-0.15, -0.1) is 0 Å². The second kappa shape index (κ2) is 12.1. The Morgan fingerprint density at radius 1 is 0.692 bits per heavy atom. The van der Waals surface area contributed by atoms with E-state index in [0.29, 0.717) is 5.92 Å². The Morgan fingerprint density at radius 2 is 1.26 bits per heavy atom. The van der Waals surface area contributed by atoms with Crippen molar-refractivity contribution in [3.05, 3.63) is 146 Å². The minimum Gasteiger partial charge on any atom is -1.00 e. The van der Waals surface area contributed by atoms with E-state index in [4.69, 9.17) is 0 Å². The number of halogens is 2.